The first-order chi connectivity index (χ1) is 14.8. The van der Waals surface area contributed by atoms with E-state index in [9.17, 15) is 9.59 Å². The van der Waals surface area contributed by atoms with E-state index in [1.54, 1.807) is 11.1 Å². The normalized spacial score (nSPS) is 19.0. The summed E-state index contributed by atoms with van der Waals surface area (Å²) in [6.07, 6.45) is 6.00. The van der Waals surface area contributed by atoms with E-state index in [1.165, 1.54) is 0 Å². The van der Waals surface area contributed by atoms with Gasteiger partial charge in [0.15, 0.2) is 6.29 Å². The van der Waals surface area contributed by atoms with Gasteiger partial charge >= 0.3 is 6.09 Å². The highest BCUT2D eigenvalue weighted by Crippen LogP contribution is 2.44. The van der Waals surface area contributed by atoms with Gasteiger partial charge in [-0.05, 0) is 80.5 Å². The summed E-state index contributed by atoms with van der Waals surface area (Å²) < 4.78 is 5.54. The smallest absolute Gasteiger partial charge is 0.410 e. The van der Waals surface area contributed by atoms with Crippen molar-refractivity contribution in [2.75, 3.05) is 13.1 Å². The Bertz CT molecular complexity index is 1030. The number of pyridine rings is 1. The second kappa shape index (κ2) is 8.46. The molecule has 31 heavy (non-hydrogen) atoms. The number of halogens is 1. The highest BCUT2D eigenvalue weighted by molar-refractivity contribution is 6.31. The lowest BCUT2D eigenvalue weighted by atomic mass is 9.76. The van der Waals surface area contributed by atoms with E-state index >= 15 is 0 Å². The number of benzene rings is 1. The largest absolute Gasteiger partial charge is 0.444 e. The first-order valence-corrected chi connectivity index (χ1v) is 11.0. The average Bonchev–Trinajstić information content (AvgIpc) is 2.86. The summed E-state index contributed by atoms with van der Waals surface area (Å²) in [5.41, 5.74) is 3.96. The third kappa shape index (κ3) is 4.52. The van der Waals surface area contributed by atoms with Crippen LogP contribution < -0.4 is 0 Å². The van der Waals surface area contributed by atoms with Crippen LogP contribution in [0.15, 0.2) is 36.5 Å². The van der Waals surface area contributed by atoms with Crippen LogP contribution in [-0.2, 0) is 9.53 Å². The quantitative estimate of drug-likeness (QED) is 0.575. The summed E-state index contributed by atoms with van der Waals surface area (Å²) >= 11 is 6.29. The zero-order chi connectivity index (χ0) is 22.2. The molecule has 1 aromatic heterocycles. The molecule has 1 aliphatic carbocycles. The Labute approximate surface area is 188 Å². The van der Waals surface area contributed by atoms with Gasteiger partial charge in [-0.25, -0.2) is 4.79 Å². The van der Waals surface area contributed by atoms with Crippen molar-refractivity contribution in [3.05, 3.63) is 63.9 Å². The Morgan fingerprint density at radius 2 is 1.97 bits per heavy atom. The lowest BCUT2D eigenvalue weighted by molar-refractivity contribution is -0.103. The highest BCUT2D eigenvalue weighted by Gasteiger charge is 2.36. The number of likely N-dealkylation sites (tertiary alicyclic amines) is 1. The number of aldehydes is 1. The van der Waals surface area contributed by atoms with Crippen LogP contribution in [0.2, 0.25) is 5.02 Å². The molecular weight excluding hydrogens is 412 g/mol. The van der Waals surface area contributed by atoms with Crippen LogP contribution in [0.25, 0.3) is 11.6 Å². The molecule has 2 aliphatic rings. The molecule has 1 saturated heterocycles. The minimum Gasteiger partial charge on any atom is -0.444 e. The fourth-order valence-electron chi connectivity index (χ4n) is 4.57. The molecule has 0 radical (unpaired) electrons. The molecule has 4 rings (SSSR count). The zero-order valence-corrected chi connectivity index (χ0v) is 18.9. The Hall–Kier alpha value is -2.66. The summed E-state index contributed by atoms with van der Waals surface area (Å²) in [5, 5.41) is 0.601. The van der Waals surface area contributed by atoms with Crippen molar-refractivity contribution >= 4 is 35.6 Å². The van der Waals surface area contributed by atoms with Crippen molar-refractivity contribution in [3.63, 3.8) is 0 Å². The van der Waals surface area contributed by atoms with E-state index in [2.05, 4.69) is 0 Å². The van der Waals surface area contributed by atoms with Gasteiger partial charge in [-0.3, -0.25) is 9.78 Å². The third-order valence-electron chi connectivity index (χ3n) is 5.93. The number of carbonyl (C=O) groups is 2. The van der Waals surface area contributed by atoms with Crippen LogP contribution in [-0.4, -0.2) is 41.0 Å². The first kappa shape index (κ1) is 21.6. The number of nitrogens with zero attached hydrogens (tertiary/aromatic N) is 2. The molecule has 0 saturated carbocycles. The van der Waals surface area contributed by atoms with E-state index in [0.29, 0.717) is 23.7 Å². The molecule has 0 N–H and O–H groups in total. The van der Waals surface area contributed by atoms with Crippen LogP contribution in [0.4, 0.5) is 4.79 Å². The Morgan fingerprint density at radius 1 is 1.23 bits per heavy atom. The van der Waals surface area contributed by atoms with Crippen molar-refractivity contribution in [1.82, 2.24) is 9.88 Å². The molecule has 1 fully saturated rings. The predicted molar refractivity (Wildman–Crippen MR) is 122 cm³/mol. The second-order valence-corrected chi connectivity index (χ2v) is 9.65. The monoisotopic (exact) mass is 438 g/mol. The minimum absolute atomic E-state index is 0.0259. The predicted octanol–water partition coefficient (Wildman–Crippen LogP) is 5.57. The summed E-state index contributed by atoms with van der Waals surface area (Å²) in [6, 6.07) is 9.65. The number of allylic oxidation sites excluding steroid dienone is 1. The van der Waals surface area contributed by atoms with E-state index in [0.717, 1.165) is 41.5 Å². The number of fused-ring (bicyclic) bond motifs is 2. The van der Waals surface area contributed by atoms with Crippen LogP contribution in [0.3, 0.4) is 0 Å². The summed E-state index contributed by atoms with van der Waals surface area (Å²) in [5.74, 6) is 0.310. The summed E-state index contributed by atoms with van der Waals surface area (Å²) in [4.78, 5) is 30.9. The number of aromatic nitrogens is 1. The van der Waals surface area contributed by atoms with E-state index < -0.39 is 5.60 Å². The van der Waals surface area contributed by atoms with Crippen molar-refractivity contribution in [2.24, 2.45) is 5.92 Å². The van der Waals surface area contributed by atoms with Gasteiger partial charge < -0.3 is 9.64 Å². The number of hydrogen-bond acceptors (Lipinski definition) is 4. The average molecular weight is 439 g/mol. The molecule has 2 heterocycles. The van der Waals surface area contributed by atoms with Crippen molar-refractivity contribution in [1.29, 1.82) is 0 Å². The Balaban J connectivity index is 1.67. The molecule has 0 bridgehead atoms. The standard InChI is InChI=1S/C25H27ClN2O3/c1-25(2,3)31-24(30)28-11-8-16(9-12-28)22-20-7-6-19(26)14-21(20)18(15-29)13-17-5-4-10-27-23(17)22/h4-7,10,13-16,22H,8-9,11-12H2,1-3H3/t22-/m0/s1. The van der Waals surface area contributed by atoms with E-state index in [-0.39, 0.29) is 17.9 Å². The lowest BCUT2D eigenvalue weighted by Gasteiger charge is -2.37. The molecule has 5 nitrogen and oxygen atoms in total. The molecule has 6 heteroatoms. The fourth-order valence-corrected chi connectivity index (χ4v) is 4.74. The SMILES string of the molecule is CC(C)(C)OC(=O)N1CCC([C@H]2c3ccc(Cl)cc3C(C=O)=Cc3cccnc32)CC1. The highest BCUT2D eigenvalue weighted by atomic mass is 35.5. The maximum atomic E-state index is 12.5. The number of carbonyl (C=O) groups excluding carboxylic acids is 2. The molecule has 1 aromatic carbocycles. The zero-order valence-electron chi connectivity index (χ0n) is 18.1. The Morgan fingerprint density at radius 3 is 2.65 bits per heavy atom. The second-order valence-electron chi connectivity index (χ2n) is 9.21. The van der Waals surface area contributed by atoms with Gasteiger partial charge in [0, 0.05) is 35.8 Å². The van der Waals surface area contributed by atoms with Crippen LogP contribution in [0.1, 0.15) is 61.9 Å². The van der Waals surface area contributed by atoms with Gasteiger partial charge in [-0.1, -0.05) is 23.7 Å². The Kier molecular flexibility index (Phi) is 5.89. The number of amides is 1. The van der Waals surface area contributed by atoms with E-state index in [1.807, 2.05) is 57.2 Å². The fraction of sp³-hybridized carbons (Fsp3) is 0.400. The van der Waals surface area contributed by atoms with Crippen molar-refractivity contribution in [2.45, 2.75) is 45.1 Å². The summed E-state index contributed by atoms with van der Waals surface area (Å²) in [7, 11) is 0. The van der Waals surface area contributed by atoms with Crippen LogP contribution >= 0.6 is 11.6 Å². The van der Waals surface area contributed by atoms with Gasteiger partial charge in [0.05, 0.1) is 5.69 Å². The molecule has 1 atom stereocenters. The molecule has 2 aromatic rings. The van der Waals surface area contributed by atoms with Gasteiger partial charge in [-0.2, -0.15) is 0 Å². The van der Waals surface area contributed by atoms with Gasteiger partial charge in [0.1, 0.15) is 5.60 Å². The number of piperidine rings is 1. The van der Waals surface area contributed by atoms with Crippen LogP contribution in [0.5, 0.6) is 0 Å². The lowest BCUT2D eigenvalue weighted by Crippen LogP contribution is -2.42. The molecule has 162 valence electrons. The van der Waals surface area contributed by atoms with Gasteiger partial charge in [0.25, 0.3) is 0 Å². The number of ether oxygens (including phenoxy) is 1. The maximum Gasteiger partial charge on any atom is 0.410 e. The molecule has 0 spiro atoms. The molecule has 1 amide bonds. The molecule has 1 aliphatic heterocycles. The minimum atomic E-state index is -0.507. The molecular formula is C25H27ClN2O3. The van der Waals surface area contributed by atoms with Gasteiger partial charge in [-0.15, -0.1) is 0 Å². The third-order valence-corrected chi connectivity index (χ3v) is 6.16. The van der Waals surface area contributed by atoms with Gasteiger partial charge in [0.2, 0.25) is 0 Å². The first-order valence-electron chi connectivity index (χ1n) is 10.7. The number of hydrogen-bond donors (Lipinski definition) is 0. The summed E-state index contributed by atoms with van der Waals surface area (Å²) in [6.45, 7) is 6.91. The topological polar surface area (TPSA) is 59.5 Å². The number of rotatable bonds is 2. The van der Waals surface area contributed by atoms with Crippen molar-refractivity contribution < 1.29 is 14.3 Å². The van der Waals surface area contributed by atoms with Crippen LogP contribution in [0, 0.1) is 5.92 Å². The maximum absolute atomic E-state index is 12.5. The van der Waals surface area contributed by atoms with Crippen molar-refractivity contribution in [3.8, 4) is 0 Å². The van der Waals surface area contributed by atoms with E-state index in [4.69, 9.17) is 21.3 Å². The molecule has 0 unspecified atom stereocenters.